The Bertz CT molecular complexity index is 405. The normalized spacial score (nSPS) is 20.9. The van der Waals surface area contributed by atoms with E-state index in [4.69, 9.17) is 11.6 Å². The van der Waals surface area contributed by atoms with Crippen molar-refractivity contribution in [2.24, 2.45) is 5.92 Å². The first-order valence-electron chi connectivity index (χ1n) is 6.49. The minimum atomic E-state index is -0.0908. The van der Waals surface area contributed by atoms with E-state index in [1.807, 2.05) is 0 Å². The number of halogens is 1. The van der Waals surface area contributed by atoms with E-state index in [2.05, 4.69) is 22.1 Å². The molecule has 1 aromatic heterocycles. The number of likely N-dealkylation sites (tertiary alicyclic amines) is 1. The minimum Gasteiger partial charge on any atom is -0.356 e. The number of piperidine rings is 1. The van der Waals surface area contributed by atoms with Gasteiger partial charge in [-0.25, -0.2) is 0 Å². The number of amides is 1. The van der Waals surface area contributed by atoms with Crippen molar-refractivity contribution in [2.75, 3.05) is 26.2 Å². The zero-order valence-electron chi connectivity index (χ0n) is 10.7. The van der Waals surface area contributed by atoms with Crippen LogP contribution in [0.5, 0.6) is 0 Å². The number of carbonyl (C=O) groups excluding carboxylic acids is 1. The lowest BCUT2D eigenvalue weighted by atomic mass is 10.0. The van der Waals surface area contributed by atoms with E-state index in [0.29, 0.717) is 17.3 Å². The van der Waals surface area contributed by atoms with E-state index in [0.717, 1.165) is 25.6 Å². The van der Waals surface area contributed by atoms with Crippen LogP contribution < -0.4 is 5.32 Å². The molecule has 2 heterocycles. The third kappa shape index (κ3) is 3.75. The number of carbonyl (C=O) groups is 1. The largest absolute Gasteiger partial charge is 0.356 e. The Morgan fingerprint density at radius 3 is 3.17 bits per heavy atom. The van der Waals surface area contributed by atoms with Crippen molar-refractivity contribution < 1.29 is 4.79 Å². The van der Waals surface area contributed by atoms with Crippen molar-refractivity contribution >= 4 is 17.5 Å². The number of nitrogens with one attached hydrogen (secondary N) is 2. The Balaban J connectivity index is 1.70. The summed E-state index contributed by atoms with van der Waals surface area (Å²) in [6.07, 6.45) is 4.20. The van der Waals surface area contributed by atoms with Crippen LogP contribution in [0.15, 0.2) is 12.3 Å². The average Bonchev–Trinajstić information content (AvgIpc) is 2.76. The van der Waals surface area contributed by atoms with Crippen LogP contribution >= 0.6 is 11.6 Å². The van der Waals surface area contributed by atoms with Crippen molar-refractivity contribution in [3.05, 3.63) is 23.0 Å². The Kier molecular flexibility index (Phi) is 4.66. The summed E-state index contributed by atoms with van der Waals surface area (Å²) in [7, 11) is 0. The van der Waals surface area contributed by atoms with Gasteiger partial charge in [0.15, 0.2) is 0 Å². The van der Waals surface area contributed by atoms with Crippen LogP contribution in [0.3, 0.4) is 0 Å². The summed E-state index contributed by atoms with van der Waals surface area (Å²) in [6.45, 7) is 6.18. The standard InChI is InChI=1S/C13H20ClN3O/c1-10-3-2-5-17(9-10)6-4-15-13(18)12-7-11(14)8-16-12/h7-8,10,16H,2-6,9H2,1H3,(H,15,18). The molecular weight excluding hydrogens is 250 g/mol. The van der Waals surface area contributed by atoms with Crippen molar-refractivity contribution in [3.63, 3.8) is 0 Å². The van der Waals surface area contributed by atoms with E-state index >= 15 is 0 Å². The number of aromatic amines is 1. The maximum atomic E-state index is 11.7. The highest BCUT2D eigenvalue weighted by Crippen LogP contribution is 2.14. The van der Waals surface area contributed by atoms with Gasteiger partial charge in [0, 0.05) is 25.8 Å². The summed E-state index contributed by atoms with van der Waals surface area (Å²) in [5.41, 5.74) is 0.520. The highest BCUT2D eigenvalue weighted by molar-refractivity contribution is 6.30. The lowest BCUT2D eigenvalue weighted by molar-refractivity contribution is 0.0939. The third-order valence-corrected chi connectivity index (χ3v) is 3.57. The number of rotatable bonds is 4. The second kappa shape index (κ2) is 6.25. The predicted octanol–water partition coefficient (Wildman–Crippen LogP) is 2.13. The lowest BCUT2D eigenvalue weighted by Crippen LogP contribution is -2.40. The molecule has 0 bridgehead atoms. The van der Waals surface area contributed by atoms with E-state index in [-0.39, 0.29) is 5.91 Å². The first kappa shape index (κ1) is 13.4. The Morgan fingerprint density at radius 2 is 2.50 bits per heavy atom. The predicted molar refractivity (Wildman–Crippen MR) is 73.0 cm³/mol. The molecule has 1 amide bonds. The van der Waals surface area contributed by atoms with Crippen LogP contribution in [0.1, 0.15) is 30.3 Å². The maximum absolute atomic E-state index is 11.7. The van der Waals surface area contributed by atoms with Gasteiger partial charge in [-0.05, 0) is 31.4 Å². The van der Waals surface area contributed by atoms with Crippen LogP contribution in [0.4, 0.5) is 0 Å². The molecule has 2 N–H and O–H groups in total. The molecule has 2 rings (SSSR count). The van der Waals surface area contributed by atoms with Crippen molar-refractivity contribution in [1.82, 2.24) is 15.2 Å². The molecule has 0 saturated carbocycles. The number of nitrogens with zero attached hydrogens (tertiary/aromatic N) is 1. The fourth-order valence-corrected chi connectivity index (χ4v) is 2.58. The van der Waals surface area contributed by atoms with Gasteiger partial charge in [-0.2, -0.15) is 0 Å². The first-order valence-corrected chi connectivity index (χ1v) is 6.87. The summed E-state index contributed by atoms with van der Waals surface area (Å²) in [5.74, 6) is 0.684. The summed E-state index contributed by atoms with van der Waals surface area (Å²) in [4.78, 5) is 17.0. The molecule has 1 aliphatic heterocycles. The van der Waals surface area contributed by atoms with Gasteiger partial charge in [-0.1, -0.05) is 18.5 Å². The molecule has 1 aromatic rings. The Labute approximate surface area is 113 Å². The molecule has 4 nitrogen and oxygen atoms in total. The van der Waals surface area contributed by atoms with Crippen LogP contribution in [0.25, 0.3) is 0 Å². The van der Waals surface area contributed by atoms with E-state index in [9.17, 15) is 4.79 Å². The van der Waals surface area contributed by atoms with Crippen LogP contribution in [0, 0.1) is 5.92 Å². The van der Waals surface area contributed by atoms with Crippen LogP contribution in [-0.4, -0.2) is 42.0 Å². The molecule has 0 aromatic carbocycles. The topological polar surface area (TPSA) is 48.1 Å². The lowest BCUT2D eigenvalue weighted by Gasteiger charge is -2.30. The van der Waals surface area contributed by atoms with Crippen molar-refractivity contribution in [1.29, 1.82) is 0 Å². The van der Waals surface area contributed by atoms with Gasteiger partial charge in [-0.15, -0.1) is 0 Å². The average molecular weight is 270 g/mol. The summed E-state index contributed by atoms with van der Waals surface area (Å²) < 4.78 is 0. The molecule has 5 heteroatoms. The number of hydrogen-bond donors (Lipinski definition) is 2. The zero-order chi connectivity index (χ0) is 13.0. The second-order valence-corrected chi connectivity index (χ2v) is 5.47. The molecule has 1 aliphatic rings. The smallest absolute Gasteiger partial charge is 0.267 e. The fourth-order valence-electron chi connectivity index (χ4n) is 2.41. The maximum Gasteiger partial charge on any atom is 0.267 e. The molecule has 0 aliphatic carbocycles. The summed E-state index contributed by atoms with van der Waals surface area (Å²) >= 11 is 5.76. The van der Waals surface area contributed by atoms with Crippen LogP contribution in [0.2, 0.25) is 5.02 Å². The molecule has 100 valence electrons. The van der Waals surface area contributed by atoms with Gasteiger partial charge >= 0.3 is 0 Å². The molecule has 0 radical (unpaired) electrons. The minimum absolute atomic E-state index is 0.0908. The van der Waals surface area contributed by atoms with E-state index < -0.39 is 0 Å². The van der Waals surface area contributed by atoms with Gasteiger partial charge in [0.2, 0.25) is 0 Å². The highest BCUT2D eigenvalue weighted by Gasteiger charge is 2.16. The van der Waals surface area contributed by atoms with Gasteiger partial charge in [0.25, 0.3) is 5.91 Å². The fraction of sp³-hybridized carbons (Fsp3) is 0.615. The molecular formula is C13H20ClN3O. The number of hydrogen-bond acceptors (Lipinski definition) is 2. The summed E-state index contributed by atoms with van der Waals surface area (Å²) in [5, 5.41) is 3.46. The monoisotopic (exact) mass is 269 g/mol. The van der Waals surface area contributed by atoms with Gasteiger partial charge < -0.3 is 15.2 Å². The van der Waals surface area contributed by atoms with E-state index in [1.54, 1.807) is 12.3 Å². The Morgan fingerprint density at radius 1 is 1.67 bits per heavy atom. The zero-order valence-corrected chi connectivity index (χ0v) is 11.5. The Hall–Kier alpha value is -1.00. The molecule has 0 spiro atoms. The molecule has 1 atom stereocenters. The van der Waals surface area contributed by atoms with Crippen molar-refractivity contribution in [3.8, 4) is 0 Å². The third-order valence-electron chi connectivity index (χ3n) is 3.35. The van der Waals surface area contributed by atoms with Gasteiger partial charge in [-0.3, -0.25) is 4.79 Å². The number of aromatic nitrogens is 1. The van der Waals surface area contributed by atoms with Crippen LogP contribution in [-0.2, 0) is 0 Å². The molecule has 1 unspecified atom stereocenters. The highest BCUT2D eigenvalue weighted by atomic mass is 35.5. The van der Waals surface area contributed by atoms with Gasteiger partial charge in [0.1, 0.15) is 5.69 Å². The number of H-pyrrole nitrogens is 1. The first-order chi connectivity index (χ1) is 8.65. The molecule has 1 saturated heterocycles. The van der Waals surface area contributed by atoms with Gasteiger partial charge in [0.05, 0.1) is 5.02 Å². The van der Waals surface area contributed by atoms with Crippen molar-refractivity contribution in [2.45, 2.75) is 19.8 Å². The summed E-state index contributed by atoms with van der Waals surface area (Å²) in [6, 6.07) is 1.64. The molecule has 18 heavy (non-hydrogen) atoms. The second-order valence-electron chi connectivity index (χ2n) is 5.04. The SMILES string of the molecule is CC1CCCN(CCNC(=O)c2cc(Cl)c[nH]2)C1. The van der Waals surface area contributed by atoms with E-state index in [1.165, 1.54) is 12.8 Å². The molecule has 1 fully saturated rings. The quantitative estimate of drug-likeness (QED) is 0.880.